The van der Waals surface area contributed by atoms with E-state index in [4.69, 9.17) is 4.74 Å². The zero-order chi connectivity index (χ0) is 27.8. The zero-order valence-electron chi connectivity index (χ0n) is 23.6. The second kappa shape index (κ2) is 13.3. The summed E-state index contributed by atoms with van der Waals surface area (Å²) in [6.45, 7) is 15.3. The third kappa shape index (κ3) is 8.62. The van der Waals surface area contributed by atoms with Crippen molar-refractivity contribution in [1.82, 2.24) is 10.2 Å². The Hall–Kier alpha value is -3.35. The van der Waals surface area contributed by atoms with Gasteiger partial charge in [-0.05, 0) is 69.2 Å². The number of alkyl carbamates (subject to hydrolysis) is 1. The molecular weight excluding hydrogens is 466 g/mol. The Balaban J connectivity index is 2.50. The third-order valence-corrected chi connectivity index (χ3v) is 6.02. The summed E-state index contributed by atoms with van der Waals surface area (Å²) in [5.74, 6) is -0.853. The first-order chi connectivity index (χ1) is 17.4. The van der Waals surface area contributed by atoms with E-state index >= 15 is 0 Å². The summed E-state index contributed by atoms with van der Waals surface area (Å²) in [6.07, 6.45) is 0.849. The topological polar surface area (TPSA) is 87.7 Å². The van der Waals surface area contributed by atoms with Crippen molar-refractivity contribution in [3.8, 4) is 0 Å². The Kier molecular flexibility index (Phi) is 10.7. The molecule has 2 aromatic carbocycles. The summed E-state index contributed by atoms with van der Waals surface area (Å²) >= 11 is 0. The van der Waals surface area contributed by atoms with E-state index in [1.807, 2.05) is 76.2 Å². The Morgan fingerprint density at radius 2 is 1.59 bits per heavy atom. The highest BCUT2D eigenvalue weighted by Gasteiger charge is 2.37. The van der Waals surface area contributed by atoms with Crippen molar-refractivity contribution in [2.45, 2.75) is 85.9 Å². The molecule has 0 radical (unpaired) electrons. The van der Waals surface area contributed by atoms with E-state index in [-0.39, 0.29) is 17.7 Å². The number of hydrogen-bond acceptors (Lipinski definition) is 4. The van der Waals surface area contributed by atoms with Gasteiger partial charge in [0.05, 0.1) is 0 Å². The van der Waals surface area contributed by atoms with Gasteiger partial charge in [0, 0.05) is 12.2 Å². The largest absolute Gasteiger partial charge is 0.444 e. The number of para-hydroxylation sites is 1. The van der Waals surface area contributed by atoms with Crippen LogP contribution in [0.2, 0.25) is 0 Å². The summed E-state index contributed by atoms with van der Waals surface area (Å²) in [5.41, 5.74) is 2.77. The molecule has 2 N–H and O–H groups in total. The van der Waals surface area contributed by atoms with Gasteiger partial charge in [0.15, 0.2) is 0 Å². The van der Waals surface area contributed by atoms with Gasteiger partial charge in [0.25, 0.3) is 5.91 Å². The van der Waals surface area contributed by atoms with Crippen molar-refractivity contribution in [3.63, 3.8) is 0 Å². The minimum absolute atomic E-state index is 0.220. The van der Waals surface area contributed by atoms with Gasteiger partial charge in [-0.1, -0.05) is 70.2 Å². The van der Waals surface area contributed by atoms with Gasteiger partial charge in [0.1, 0.15) is 17.7 Å². The van der Waals surface area contributed by atoms with Crippen LogP contribution >= 0.6 is 0 Å². The number of benzene rings is 2. The van der Waals surface area contributed by atoms with Gasteiger partial charge in [-0.15, -0.1) is 0 Å². The number of carbonyl (C=O) groups is 3. The Morgan fingerprint density at radius 3 is 2.11 bits per heavy atom. The van der Waals surface area contributed by atoms with Crippen LogP contribution in [0.3, 0.4) is 0 Å². The van der Waals surface area contributed by atoms with Crippen LogP contribution < -0.4 is 10.6 Å². The van der Waals surface area contributed by atoms with Gasteiger partial charge in [-0.3, -0.25) is 9.59 Å². The van der Waals surface area contributed by atoms with Crippen LogP contribution in [0, 0.1) is 12.8 Å². The normalized spacial score (nSPS) is 13.0. The number of nitrogens with zero attached hydrogens (tertiary/aromatic N) is 1. The first kappa shape index (κ1) is 29.9. The van der Waals surface area contributed by atoms with E-state index in [1.165, 1.54) is 0 Å². The number of carbonyl (C=O) groups excluding carboxylic acids is 3. The molecule has 7 heteroatoms. The summed E-state index contributed by atoms with van der Waals surface area (Å²) < 4.78 is 5.42. The minimum atomic E-state index is -0.875. The molecule has 0 aliphatic rings. The van der Waals surface area contributed by atoms with Gasteiger partial charge in [0.2, 0.25) is 5.91 Å². The maximum Gasteiger partial charge on any atom is 0.408 e. The van der Waals surface area contributed by atoms with Gasteiger partial charge in [-0.25, -0.2) is 4.79 Å². The highest BCUT2D eigenvalue weighted by atomic mass is 16.6. The van der Waals surface area contributed by atoms with Crippen LogP contribution in [0.5, 0.6) is 0 Å². The number of ether oxygens (including phenoxy) is 1. The molecular formula is C30H43N3O4. The molecule has 0 heterocycles. The van der Waals surface area contributed by atoms with Crippen molar-refractivity contribution < 1.29 is 19.1 Å². The van der Waals surface area contributed by atoms with Crippen LogP contribution in [0.1, 0.15) is 77.6 Å². The molecule has 37 heavy (non-hydrogen) atoms. The second-order valence-corrected chi connectivity index (χ2v) is 10.7. The number of hydrogen-bond donors (Lipinski definition) is 2. The van der Waals surface area contributed by atoms with E-state index in [0.29, 0.717) is 24.2 Å². The van der Waals surface area contributed by atoms with Crippen molar-refractivity contribution in [2.75, 3.05) is 11.9 Å². The monoisotopic (exact) mass is 509 g/mol. The van der Waals surface area contributed by atoms with Gasteiger partial charge in [-0.2, -0.15) is 0 Å². The smallest absolute Gasteiger partial charge is 0.408 e. The fourth-order valence-corrected chi connectivity index (χ4v) is 4.06. The number of rotatable bonds is 10. The molecule has 3 amide bonds. The fraction of sp³-hybridized carbons (Fsp3) is 0.500. The molecule has 2 atom stereocenters. The summed E-state index contributed by atoms with van der Waals surface area (Å²) in [6, 6.07) is 13.6. The van der Waals surface area contributed by atoms with Crippen LogP contribution in [-0.4, -0.2) is 41.0 Å². The van der Waals surface area contributed by atoms with Crippen LogP contribution in [0.25, 0.3) is 0 Å². The SMILES string of the molecule is CCCN(C(=O)C(NC(=O)OC(C)(C)C)C(C)C)C(C(=O)Nc1ccccc1C)c1ccc(CC)cc1. The highest BCUT2D eigenvalue weighted by molar-refractivity contribution is 5.99. The average molecular weight is 510 g/mol. The molecule has 2 unspecified atom stereocenters. The predicted molar refractivity (Wildman–Crippen MR) is 148 cm³/mol. The Labute approximate surface area is 222 Å². The molecule has 2 aromatic rings. The highest BCUT2D eigenvalue weighted by Crippen LogP contribution is 2.27. The minimum Gasteiger partial charge on any atom is -0.444 e. The molecule has 0 saturated heterocycles. The Morgan fingerprint density at radius 1 is 0.973 bits per heavy atom. The summed E-state index contributed by atoms with van der Waals surface area (Å²) in [7, 11) is 0. The molecule has 7 nitrogen and oxygen atoms in total. The molecule has 0 fully saturated rings. The summed E-state index contributed by atoms with van der Waals surface area (Å²) in [5, 5.41) is 5.78. The number of amides is 3. The molecule has 0 spiro atoms. The molecule has 0 aliphatic carbocycles. The van der Waals surface area contributed by atoms with E-state index in [1.54, 1.807) is 25.7 Å². The van der Waals surface area contributed by atoms with Gasteiger partial charge >= 0.3 is 6.09 Å². The molecule has 0 bridgehead atoms. The van der Waals surface area contributed by atoms with Crippen LogP contribution in [-0.2, 0) is 20.7 Å². The van der Waals surface area contributed by atoms with E-state index < -0.39 is 23.8 Å². The number of aryl methyl sites for hydroxylation is 2. The molecule has 0 saturated carbocycles. The van der Waals surface area contributed by atoms with Gasteiger partial charge < -0.3 is 20.3 Å². The van der Waals surface area contributed by atoms with Crippen molar-refractivity contribution in [3.05, 3.63) is 65.2 Å². The summed E-state index contributed by atoms with van der Waals surface area (Å²) in [4.78, 5) is 42.0. The number of anilines is 1. The molecule has 2 rings (SSSR count). The predicted octanol–water partition coefficient (Wildman–Crippen LogP) is 6.03. The van der Waals surface area contributed by atoms with Crippen LogP contribution in [0.4, 0.5) is 10.5 Å². The maximum absolute atomic E-state index is 14.0. The first-order valence-corrected chi connectivity index (χ1v) is 13.1. The first-order valence-electron chi connectivity index (χ1n) is 13.1. The zero-order valence-corrected chi connectivity index (χ0v) is 23.6. The molecule has 202 valence electrons. The third-order valence-electron chi connectivity index (χ3n) is 6.02. The Bertz CT molecular complexity index is 1060. The number of nitrogens with one attached hydrogen (secondary N) is 2. The van der Waals surface area contributed by atoms with Crippen molar-refractivity contribution >= 4 is 23.6 Å². The lowest BCUT2D eigenvalue weighted by Crippen LogP contribution is -2.54. The van der Waals surface area contributed by atoms with Crippen molar-refractivity contribution in [2.24, 2.45) is 5.92 Å². The molecule has 0 aromatic heterocycles. The molecule has 0 aliphatic heterocycles. The lowest BCUT2D eigenvalue weighted by molar-refractivity contribution is -0.141. The standard InChI is InChI=1S/C30H43N3O4/c1-9-19-33(28(35)25(20(3)4)32-29(36)37-30(6,7)8)26(23-17-15-22(10-2)16-18-23)27(34)31-24-14-12-11-13-21(24)5/h11-18,20,25-26H,9-10,19H2,1-8H3,(H,31,34)(H,32,36). The fourth-order valence-electron chi connectivity index (χ4n) is 4.06. The lowest BCUT2D eigenvalue weighted by Gasteiger charge is -2.35. The van der Waals surface area contributed by atoms with E-state index in [0.717, 1.165) is 17.5 Å². The average Bonchev–Trinajstić information content (AvgIpc) is 2.82. The van der Waals surface area contributed by atoms with Crippen molar-refractivity contribution in [1.29, 1.82) is 0 Å². The van der Waals surface area contributed by atoms with Crippen LogP contribution in [0.15, 0.2) is 48.5 Å². The second-order valence-electron chi connectivity index (χ2n) is 10.7. The maximum atomic E-state index is 14.0. The van der Waals surface area contributed by atoms with E-state index in [9.17, 15) is 14.4 Å². The quantitative estimate of drug-likeness (QED) is 0.410. The van der Waals surface area contributed by atoms with E-state index in [2.05, 4.69) is 17.6 Å². The lowest BCUT2D eigenvalue weighted by atomic mass is 9.97.